The van der Waals surface area contributed by atoms with Crippen LogP contribution in [-0.4, -0.2) is 13.6 Å². The third kappa shape index (κ3) is 2.05. The van der Waals surface area contributed by atoms with E-state index in [0.29, 0.717) is 5.76 Å². The van der Waals surface area contributed by atoms with Crippen molar-refractivity contribution >= 4 is 10.0 Å². The van der Waals surface area contributed by atoms with Crippen molar-refractivity contribution in [2.24, 2.45) is 5.14 Å². The van der Waals surface area contributed by atoms with E-state index in [1.165, 1.54) is 18.3 Å². The van der Waals surface area contributed by atoms with Gasteiger partial charge in [-0.25, -0.2) is 13.6 Å². The zero-order valence-electron chi connectivity index (χ0n) is 7.62. The van der Waals surface area contributed by atoms with Crippen molar-refractivity contribution in [2.45, 2.75) is 4.90 Å². The lowest BCUT2D eigenvalue weighted by atomic mass is 10.2. The van der Waals surface area contributed by atoms with Gasteiger partial charge in [0.15, 0.2) is 5.76 Å². The van der Waals surface area contributed by atoms with E-state index in [2.05, 4.69) is 5.16 Å². The van der Waals surface area contributed by atoms with Gasteiger partial charge in [0.1, 0.15) is 0 Å². The summed E-state index contributed by atoms with van der Waals surface area (Å²) in [5, 5.41) is 8.51. The predicted molar refractivity (Wildman–Crippen MR) is 53.3 cm³/mol. The maximum absolute atomic E-state index is 11.0. The maximum atomic E-state index is 11.0. The molecule has 0 aliphatic rings. The number of hydrogen-bond acceptors (Lipinski definition) is 4. The number of sulfonamides is 1. The monoisotopic (exact) mass is 224 g/mol. The third-order valence-corrected chi connectivity index (χ3v) is 2.83. The molecule has 0 radical (unpaired) electrons. The molecule has 0 unspecified atom stereocenters. The zero-order chi connectivity index (χ0) is 10.9. The van der Waals surface area contributed by atoms with Gasteiger partial charge in [0.25, 0.3) is 0 Å². The molecule has 0 saturated heterocycles. The van der Waals surface area contributed by atoms with E-state index in [-0.39, 0.29) is 4.90 Å². The van der Waals surface area contributed by atoms with Crippen LogP contribution in [0.3, 0.4) is 0 Å². The van der Waals surface area contributed by atoms with Crippen LogP contribution in [0.4, 0.5) is 0 Å². The molecule has 0 amide bonds. The summed E-state index contributed by atoms with van der Waals surface area (Å²) >= 11 is 0. The van der Waals surface area contributed by atoms with Crippen molar-refractivity contribution in [3.05, 3.63) is 36.5 Å². The summed E-state index contributed by atoms with van der Waals surface area (Å²) in [5.74, 6) is 0.580. The largest absolute Gasteiger partial charge is 0.356 e. The SMILES string of the molecule is NS(=O)(=O)c1ccc(-c2ccno2)cc1. The minimum Gasteiger partial charge on any atom is -0.356 e. The minimum absolute atomic E-state index is 0.0748. The van der Waals surface area contributed by atoms with Crippen LogP contribution in [0.1, 0.15) is 0 Å². The van der Waals surface area contributed by atoms with Crippen molar-refractivity contribution in [1.82, 2.24) is 5.16 Å². The molecule has 2 rings (SSSR count). The summed E-state index contributed by atoms with van der Waals surface area (Å²) in [6.07, 6.45) is 1.52. The second-order valence-corrected chi connectivity index (χ2v) is 4.51. The fourth-order valence-electron chi connectivity index (χ4n) is 1.17. The van der Waals surface area contributed by atoms with Crippen LogP contribution in [0.2, 0.25) is 0 Å². The van der Waals surface area contributed by atoms with Gasteiger partial charge in [0.05, 0.1) is 11.1 Å². The molecule has 2 N–H and O–H groups in total. The van der Waals surface area contributed by atoms with E-state index in [1.54, 1.807) is 18.2 Å². The second kappa shape index (κ2) is 3.48. The van der Waals surface area contributed by atoms with Crippen LogP contribution in [0.5, 0.6) is 0 Å². The number of rotatable bonds is 2. The average molecular weight is 224 g/mol. The van der Waals surface area contributed by atoms with Crippen LogP contribution < -0.4 is 5.14 Å². The third-order valence-electron chi connectivity index (χ3n) is 1.91. The van der Waals surface area contributed by atoms with Gasteiger partial charge in [-0.05, 0) is 24.3 Å². The van der Waals surface area contributed by atoms with Gasteiger partial charge >= 0.3 is 0 Å². The number of nitrogens with two attached hydrogens (primary N) is 1. The number of benzene rings is 1. The van der Waals surface area contributed by atoms with Gasteiger partial charge in [-0.3, -0.25) is 0 Å². The highest BCUT2D eigenvalue weighted by molar-refractivity contribution is 7.89. The molecule has 0 bridgehead atoms. The smallest absolute Gasteiger partial charge is 0.238 e. The predicted octanol–water partition coefficient (Wildman–Crippen LogP) is 0.989. The van der Waals surface area contributed by atoms with Crippen LogP contribution in [0, 0.1) is 0 Å². The van der Waals surface area contributed by atoms with E-state index in [9.17, 15) is 8.42 Å². The standard InChI is InChI=1S/C9H8N2O3S/c10-15(12,13)8-3-1-7(2-4-8)9-5-6-11-14-9/h1-6H,(H2,10,12,13). The fraction of sp³-hybridized carbons (Fsp3) is 0. The Morgan fingerprint density at radius 2 is 1.80 bits per heavy atom. The summed E-state index contributed by atoms with van der Waals surface area (Å²) < 4.78 is 26.9. The lowest BCUT2D eigenvalue weighted by Crippen LogP contribution is -2.11. The van der Waals surface area contributed by atoms with Gasteiger partial charge in [-0.1, -0.05) is 5.16 Å². The molecule has 2 aromatic rings. The first-order valence-electron chi connectivity index (χ1n) is 4.11. The number of nitrogens with zero attached hydrogens (tertiary/aromatic N) is 1. The molecule has 1 heterocycles. The molecule has 0 atom stereocenters. The molecule has 5 nitrogen and oxygen atoms in total. The Kier molecular flexibility index (Phi) is 2.29. The van der Waals surface area contributed by atoms with Gasteiger partial charge < -0.3 is 4.52 Å². The van der Waals surface area contributed by atoms with E-state index >= 15 is 0 Å². The molecule has 78 valence electrons. The first-order valence-corrected chi connectivity index (χ1v) is 5.66. The highest BCUT2D eigenvalue weighted by Crippen LogP contribution is 2.19. The highest BCUT2D eigenvalue weighted by atomic mass is 32.2. The van der Waals surface area contributed by atoms with Crippen LogP contribution in [0.15, 0.2) is 45.9 Å². The van der Waals surface area contributed by atoms with E-state index in [1.807, 2.05) is 0 Å². The average Bonchev–Trinajstić information content (AvgIpc) is 2.69. The van der Waals surface area contributed by atoms with Crippen molar-refractivity contribution in [2.75, 3.05) is 0 Å². The topological polar surface area (TPSA) is 86.2 Å². The molecule has 6 heteroatoms. The Labute approximate surface area is 86.6 Å². The normalized spacial score (nSPS) is 11.5. The first kappa shape index (κ1) is 9.88. The molecule has 15 heavy (non-hydrogen) atoms. The van der Waals surface area contributed by atoms with Gasteiger partial charge in [-0.15, -0.1) is 0 Å². The van der Waals surface area contributed by atoms with Crippen LogP contribution in [0.25, 0.3) is 11.3 Å². The van der Waals surface area contributed by atoms with E-state index < -0.39 is 10.0 Å². The summed E-state index contributed by atoms with van der Waals surface area (Å²) in [5.41, 5.74) is 0.750. The highest BCUT2D eigenvalue weighted by Gasteiger charge is 2.08. The minimum atomic E-state index is -3.63. The molecule has 0 saturated carbocycles. The molecule has 1 aromatic heterocycles. The molecule has 0 aliphatic carbocycles. The molecular weight excluding hydrogens is 216 g/mol. The van der Waals surface area contributed by atoms with Gasteiger partial charge in [0.2, 0.25) is 10.0 Å². The summed E-state index contributed by atoms with van der Waals surface area (Å²) in [7, 11) is -3.63. The van der Waals surface area contributed by atoms with Crippen molar-refractivity contribution < 1.29 is 12.9 Å². The number of aromatic nitrogens is 1. The Morgan fingerprint density at radius 1 is 1.13 bits per heavy atom. The maximum Gasteiger partial charge on any atom is 0.238 e. The van der Waals surface area contributed by atoms with E-state index in [4.69, 9.17) is 9.66 Å². The quantitative estimate of drug-likeness (QED) is 0.824. The summed E-state index contributed by atoms with van der Waals surface area (Å²) in [6.45, 7) is 0. The molecular formula is C9H8N2O3S. The molecule has 0 aliphatic heterocycles. The van der Waals surface area contributed by atoms with E-state index in [0.717, 1.165) is 5.56 Å². The van der Waals surface area contributed by atoms with Crippen LogP contribution in [-0.2, 0) is 10.0 Å². The Bertz CT molecular complexity index is 544. The lowest BCUT2D eigenvalue weighted by Gasteiger charge is -1.98. The van der Waals surface area contributed by atoms with Gasteiger partial charge in [0, 0.05) is 11.6 Å². The fourth-order valence-corrected chi connectivity index (χ4v) is 1.69. The molecule has 0 spiro atoms. The van der Waals surface area contributed by atoms with Crippen LogP contribution >= 0.6 is 0 Å². The zero-order valence-corrected chi connectivity index (χ0v) is 8.44. The number of primary sulfonamides is 1. The Morgan fingerprint density at radius 3 is 2.27 bits per heavy atom. The number of hydrogen-bond donors (Lipinski definition) is 1. The second-order valence-electron chi connectivity index (χ2n) is 2.95. The summed E-state index contributed by atoms with van der Waals surface area (Å²) in [6, 6.07) is 7.76. The van der Waals surface area contributed by atoms with Crippen molar-refractivity contribution in [3.8, 4) is 11.3 Å². The molecule has 1 aromatic carbocycles. The van der Waals surface area contributed by atoms with Crippen molar-refractivity contribution in [1.29, 1.82) is 0 Å². The summed E-state index contributed by atoms with van der Waals surface area (Å²) in [4.78, 5) is 0.0748. The Balaban J connectivity index is 2.42. The van der Waals surface area contributed by atoms with Gasteiger partial charge in [-0.2, -0.15) is 0 Å². The first-order chi connectivity index (χ1) is 7.07. The lowest BCUT2D eigenvalue weighted by molar-refractivity contribution is 0.432. The Hall–Kier alpha value is -1.66. The van der Waals surface area contributed by atoms with Crippen molar-refractivity contribution in [3.63, 3.8) is 0 Å². The molecule has 0 fully saturated rings.